The number of nitrogens with one attached hydrogen (secondary N) is 2. The Kier molecular flexibility index (Phi) is 9.45. The third-order valence-electron chi connectivity index (χ3n) is 3.30. The second kappa shape index (κ2) is 10.5. The highest BCUT2D eigenvalue weighted by molar-refractivity contribution is 6.68. The topological polar surface area (TPSA) is 41.1 Å². The second-order valence-electron chi connectivity index (χ2n) is 5.36. The molecule has 1 aromatic rings. The van der Waals surface area contributed by atoms with Crippen LogP contribution in [0.3, 0.4) is 0 Å². The fraction of sp³-hybridized carbons (Fsp3) is 0.562. The van der Waals surface area contributed by atoms with E-state index in [0.29, 0.717) is 17.1 Å². The van der Waals surface area contributed by atoms with E-state index in [2.05, 4.69) is 17.6 Å². The molecular weight excluding hydrogens is 378 g/mol. The van der Waals surface area contributed by atoms with E-state index in [4.69, 9.17) is 46.4 Å². The summed E-state index contributed by atoms with van der Waals surface area (Å²) in [5.41, 5.74) is 0.703. The molecule has 0 aliphatic carbocycles. The van der Waals surface area contributed by atoms with E-state index >= 15 is 0 Å². The van der Waals surface area contributed by atoms with Crippen molar-refractivity contribution in [3.63, 3.8) is 0 Å². The van der Waals surface area contributed by atoms with Crippen LogP contribution < -0.4 is 10.6 Å². The molecule has 1 aromatic carbocycles. The normalized spacial score (nSPS) is 12.7. The van der Waals surface area contributed by atoms with Gasteiger partial charge in [0.25, 0.3) is 0 Å². The van der Waals surface area contributed by atoms with Crippen molar-refractivity contribution in [2.75, 3.05) is 5.32 Å². The molecule has 1 rings (SSSR count). The van der Waals surface area contributed by atoms with Gasteiger partial charge in [0, 0.05) is 17.1 Å². The maximum Gasteiger partial charge on any atom is 0.228 e. The van der Waals surface area contributed by atoms with Gasteiger partial charge in [0.2, 0.25) is 9.70 Å². The average Bonchev–Trinajstić information content (AvgIpc) is 2.47. The van der Waals surface area contributed by atoms with Crippen LogP contribution >= 0.6 is 46.4 Å². The largest absolute Gasteiger partial charge is 0.362 e. The Morgan fingerprint density at radius 1 is 1.09 bits per heavy atom. The quantitative estimate of drug-likeness (QED) is 0.307. The molecule has 0 spiro atoms. The Morgan fingerprint density at radius 3 is 2.26 bits per heavy atom. The molecule has 1 amide bonds. The molecule has 2 N–H and O–H groups in total. The van der Waals surface area contributed by atoms with Gasteiger partial charge in [-0.1, -0.05) is 79.0 Å². The maximum absolute atomic E-state index is 12.0. The average molecular weight is 400 g/mol. The fourth-order valence-electron chi connectivity index (χ4n) is 2.03. The highest BCUT2D eigenvalue weighted by Crippen LogP contribution is 2.31. The number of carbonyl (C=O) groups excluding carboxylic acids is 1. The molecule has 0 saturated heterocycles. The van der Waals surface area contributed by atoms with Gasteiger partial charge < -0.3 is 10.6 Å². The van der Waals surface area contributed by atoms with Crippen molar-refractivity contribution < 1.29 is 4.79 Å². The summed E-state index contributed by atoms with van der Waals surface area (Å²) >= 11 is 23.7. The first-order valence-electron chi connectivity index (χ1n) is 7.71. The Hall–Kier alpha value is -0.350. The first-order chi connectivity index (χ1) is 10.8. The lowest BCUT2D eigenvalue weighted by molar-refractivity contribution is -0.121. The van der Waals surface area contributed by atoms with Crippen LogP contribution in [0.2, 0.25) is 5.02 Å². The van der Waals surface area contributed by atoms with Crippen molar-refractivity contribution in [2.24, 2.45) is 0 Å². The number of anilines is 1. The molecule has 0 aromatic heterocycles. The van der Waals surface area contributed by atoms with Crippen LogP contribution in [0.15, 0.2) is 24.3 Å². The Labute approximate surface area is 158 Å². The summed E-state index contributed by atoms with van der Waals surface area (Å²) in [5.74, 6) is -0.140. The lowest BCUT2D eigenvalue weighted by Crippen LogP contribution is -2.49. The summed E-state index contributed by atoms with van der Waals surface area (Å²) in [6, 6.07) is 6.94. The summed E-state index contributed by atoms with van der Waals surface area (Å²) in [4.78, 5) is 12.0. The summed E-state index contributed by atoms with van der Waals surface area (Å²) in [6.07, 6.45) is 4.97. The third-order valence-corrected chi connectivity index (χ3v) is 4.20. The standard InChI is InChI=1S/C16H22Cl4N2O/c1-2-3-4-5-6-7-14(23)22-15(16(18,19)20)21-13-10-8-12(17)9-11-13/h8-11,15,21H,2-7H2,1H3,(H,22,23). The van der Waals surface area contributed by atoms with Gasteiger partial charge in [-0.25, -0.2) is 0 Å². The van der Waals surface area contributed by atoms with Crippen LogP contribution in [0.5, 0.6) is 0 Å². The molecule has 23 heavy (non-hydrogen) atoms. The number of alkyl halides is 3. The first-order valence-corrected chi connectivity index (χ1v) is 9.22. The number of hydrogen-bond donors (Lipinski definition) is 2. The molecule has 7 heteroatoms. The third kappa shape index (κ3) is 8.90. The molecule has 0 radical (unpaired) electrons. The number of carbonyl (C=O) groups is 1. The minimum Gasteiger partial charge on any atom is -0.362 e. The number of amides is 1. The van der Waals surface area contributed by atoms with E-state index in [1.54, 1.807) is 24.3 Å². The lowest BCUT2D eigenvalue weighted by atomic mass is 10.1. The number of halogens is 4. The van der Waals surface area contributed by atoms with Gasteiger partial charge in [-0.3, -0.25) is 4.79 Å². The summed E-state index contributed by atoms with van der Waals surface area (Å²) < 4.78 is -1.67. The Balaban J connectivity index is 2.51. The monoisotopic (exact) mass is 398 g/mol. The molecule has 0 fully saturated rings. The van der Waals surface area contributed by atoms with Crippen molar-refractivity contribution >= 4 is 58.0 Å². The number of benzene rings is 1. The van der Waals surface area contributed by atoms with Crippen LogP contribution in [0.1, 0.15) is 45.4 Å². The van der Waals surface area contributed by atoms with E-state index in [1.807, 2.05) is 0 Å². The molecule has 0 saturated carbocycles. The minimum atomic E-state index is -1.67. The zero-order valence-corrected chi connectivity index (χ0v) is 16.1. The molecule has 0 aliphatic rings. The molecule has 0 heterocycles. The van der Waals surface area contributed by atoms with Gasteiger partial charge in [0.05, 0.1) is 0 Å². The minimum absolute atomic E-state index is 0.140. The van der Waals surface area contributed by atoms with Gasteiger partial charge in [-0.15, -0.1) is 0 Å². The fourth-order valence-corrected chi connectivity index (χ4v) is 2.49. The smallest absolute Gasteiger partial charge is 0.228 e. The van der Waals surface area contributed by atoms with Gasteiger partial charge in [0.1, 0.15) is 6.17 Å². The predicted molar refractivity (Wildman–Crippen MR) is 101 cm³/mol. The number of unbranched alkanes of at least 4 members (excludes halogenated alkanes) is 4. The predicted octanol–water partition coefficient (Wildman–Crippen LogP) is 5.92. The Bertz CT molecular complexity index is 474. The number of hydrogen-bond acceptors (Lipinski definition) is 2. The van der Waals surface area contributed by atoms with Crippen LogP contribution in [0.25, 0.3) is 0 Å². The van der Waals surface area contributed by atoms with Crippen LogP contribution in [0, 0.1) is 0 Å². The molecule has 1 atom stereocenters. The molecule has 0 bridgehead atoms. The highest BCUT2D eigenvalue weighted by Gasteiger charge is 2.33. The van der Waals surface area contributed by atoms with Crippen LogP contribution in [0.4, 0.5) is 5.69 Å². The summed E-state index contributed by atoms with van der Waals surface area (Å²) in [7, 11) is 0. The van der Waals surface area contributed by atoms with E-state index in [-0.39, 0.29) is 5.91 Å². The molecular formula is C16H22Cl4N2O. The van der Waals surface area contributed by atoms with Crippen molar-refractivity contribution in [2.45, 2.75) is 55.4 Å². The van der Waals surface area contributed by atoms with Gasteiger partial charge in [-0.05, 0) is 30.7 Å². The van der Waals surface area contributed by atoms with Gasteiger partial charge in [0.15, 0.2) is 0 Å². The van der Waals surface area contributed by atoms with Crippen LogP contribution in [-0.4, -0.2) is 15.9 Å². The molecule has 130 valence electrons. The lowest BCUT2D eigenvalue weighted by Gasteiger charge is -2.27. The first kappa shape index (κ1) is 20.7. The molecule has 0 aliphatic heterocycles. The maximum atomic E-state index is 12.0. The van der Waals surface area contributed by atoms with Crippen molar-refractivity contribution in [1.29, 1.82) is 0 Å². The van der Waals surface area contributed by atoms with Gasteiger partial charge in [-0.2, -0.15) is 0 Å². The zero-order chi connectivity index (χ0) is 17.3. The zero-order valence-electron chi connectivity index (χ0n) is 13.0. The van der Waals surface area contributed by atoms with Crippen molar-refractivity contribution in [1.82, 2.24) is 5.32 Å². The summed E-state index contributed by atoms with van der Waals surface area (Å²) in [6.45, 7) is 2.15. The molecule has 3 nitrogen and oxygen atoms in total. The number of rotatable bonds is 9. The van der Waals surface area contributed by atoms with E-state index in [9.17, 15) is 4.79 Å². The van der Waals surface area contributed by atoms with Crippen molar-refractivity contribution in [3.8, 4) is 0 Å². The van der Waals surface area contributed by atoms with E-state index in [0.717, 1.165) is 19.3 Å². The van der Waals surface area contributed by atoms with Crippen LogP contribution in [-0.2, 0) is 4.79 Å². The Morgan fingerprint density at radius 2 is 1.70 bits per heavy atom. The summed E-state index contributed by atoms with van der Waals surface area (Å²) in [5, 5.41) is 6.34. The van der Waals surface area contributed by atoms with Gasteiger partial charge >= 0.3 is 0 Å². The SMILES string of the molecule is CCCCCCCC(=O)NC(Nc1ccc(Cl)cc1)C(Cl)(Cl)Cl. The highest BCUT2D eigenvalue weighted by atomic mass is 35.6. The van der Waals surface area contributed by atoms with E-state index < -0.39 is 9.96 Å². The van der Waals surface area contributed by atoms with E-state index in [1.165, 1.54) is 12.8 Å². The van der Waals surface area contributed by atoms with Crippen molar-refractivity contribution in [3.05, 3.63) is 29.3 Å². The second-order valence-corrected chi connectivity index (χ2v) is 8.16. The molecule has 1 unspecified atom stereocenters.